The number of aromatic nitrogens is 4. The number of carbonyl (C=O) groups excluding carboxylic acids is 1. The summed E-state index contributed by atoms with van der Waals surface area (Å²) in [4.78, 5) is 33.7. The summed E-state index contributed by atoms with van der Waals surface area (Å²) in [7, 11) is 0. The van der Waals surface area contributed by atoms with Crippen molar-refractivity contribution in [3.63, 3.8) is 0 Å². The molecular weight excluding hydrogens is 402 g/mol. The SMILES string of the molecule is O=C(NC1CCC(n2nc(-c3ccncc3)ccc2=O)CC1)c1ccc2ccccc2n1. The van der Waals surface area contributed by atoms with Crippen LogP contribution in [0.1, 0.15) is 42.2 Å². The van der Waals surface area contributed by atoms with Crippen molar-refractivity contribution in [3.8, 4) is 11.3 Å². The van der Waals surface area contributed by atoms with Gasteiger partial charge in [-0.15, -0.1) is 0 Å². The van der Waals surface area contributed by atoms with E-state index < -0.39 is 0 Å². The smallest absolute Gasteiger partial charge is 0.270 e. The molecule has 3 heterocycles. The molecule has 1 aliphatic carbocycles. The molecule has 3 aromatic heterocycles. The summed E-state index contributed by atoms with van der Waals surface area (Å²) in [6.45, 7) is 0. The number of pyridine rings is 2. The molecule has 1 aromatic carbocycles. The number of hydrogen-bond acceptors (Lipinski definition) is 5. The number of fused-ring (bicyclic) bond motifs is 1. The molecule has 0 aliphatic heterocycles. The Balaban J connectivity index is 1.25. The predicted molar refractivity (Wildman–Crippen MR) is 122 cm³/mol. The van der Waals surface area contributed by atoms with Gasteiger partial charge in [0, 0.05) is 35.5 Å². The summed E-state index contributed by atoms with van der Waals surface area (Å²) < 4.78 is 1.60. The molecule has 0 radical (unpaired) electrons. The lowest BCUT2D eigenvalue weighted by molar-refractivity contribution is 0.0916. The molecule has 1 fully saturated rings. The monoisotopic (exact) mass is 425 g/mol. The van der Waals surface area contributed by atoms with Gasteiger partial charge >= 0.3 is 0 Å². The number of benzene rings is 1. The highest BCUT2D eigenvalue weighted by Crippen LogP contribution is 2.28. The minimum absolute atomic E-state index is 0.0243. The van der Waals surface area contributed by atoms with Gasteiger partial charge in [-0.25, -0.2) is 9.67 Å². The van der Waals surface area contributed by atoms with E-state index in [9.17, 15) is 9.59 Å². The molecule has 7 nitrogen and oxygen atoms in total. The molecule has 1 amide bonds. The first-order valence-electron chi connectivity index (χ1n) is 10.8. The van der Waals surface area contributed by atoms with Gasteiger partial charge in [0.25, 0.3) is 11.5 Å². The summed E-state index contributed by atoms with van der Waals surface area (Å²) in [6.07, 6.45) is 6.57. The zero-order valence-electron chi connectivity index (χ0n) is 17.5. The van der Waals surface area contributed by atoms with E-state index in [0.717, 1.165) is 47.8 Å². The minimum atomic E-state index is -0.158. The molecule has 0 bridgehead atoms. The minimum Gasteiger partial charge on any atom is -0.348 e. The lowest BCUT2D eigenvalue weighted by atomic mass is 9.91. The van der Waals surface area contributed by atoms with Gasteiger partial charge in [-0.3, -0.25) is 14.6 Å². The van der Waals surface area contributed by atoms with Gasteiger partial charge in [0.2, 0.25) is 0 Å². The second-order valence-corrected chi connectivity index (χ2v) is 8.11. The lowest BCUT2D eigenvalue weighted by Gasteiger charge is -2.29. The fraction of sp³-hybridized carbons (Fsp3) is 0.240. The number of para-hydroxylation sites is 1. The second kappa shape index (κ2) is 8.70. The number of nitrogens with zero attached hydrogens (tertiary/aromatic N) is 4. The van der Waals surface area contributed by atoms with Crippen molar-refractivity contribution < 1.29 is 4.79 Å². The summed E-state index contributed by atoms with van der Waals surface area (Å²) in [5, 5.41) is 8.73. The maximum absolute atomic E-state index is 12.7. The Kier molecular flexibility index (Phi) is 5.46. The fourth-order valence-electron chi connectivity index (χ4n) is 4.28. The third kappa shape index (κ3) is 4.14. The first-order chi connectivity index (χ1) is 15.7. The van der Waals surface area contributed by atoms with Crippen molar-refractivity contribution in [1.82, 2.24) is 25.1 Å². The Hall–Kier alpha value is -3.87. The predicted octanol–water partition coefficient (Wildman–Crippen LogP) is 3.77. The van der Waals surface area contributed by atoms with Crippen LogP contribution in [-0.2, 0) is 0 Å². The molecule has 1 aliphatic rings. The number of nitrogens with one attached hydrogen (secondary N) is 1. The molecule has 0 atom stereocenters. The van der Waals surface area contributed by atoms with E-state index in [2.05, 4.69) is 20.4 Å². The van der Waals surface area contributed by atoms with E-state index in [1.54, 1.807) is 35.3 Å². The summed E-state index contributed by atoms with van der Waals surface area (Å²) in [5.41, 5.74) is 2.81. The number of amides is 1. The Labute approximate surface area is 185 Å². The number of carbonyl (C=O) groups is 1. The van der Waals surface area contributed by atoms with Gasteiger partial charge in [-0.1, -0.05) is 24.3 Å². The molecule has 0 unspecified atom stereocenters. The third-order valence-electron chi connectivity index (χ3n) is 6.01. The molecule has 4 aromatic rings. The highest BCUT2D eigenvalue weighted by molar-refractivity contribution is 5.95. The molecular formula is C25H23N5O2. The largest absolute Gasteiger partial charge is 0.348 e. The summed E-state index contributed by atoms with van der Waals surface area (Å²) in [6, 6.07) is 18.6. The number of hydrogen-bond donors (Lipinski definition) is 1. The Morgan fingerprint density at radius 3 is 2.50 bits per heavy atom. The maximum atomic E-state index is 12.7. The summed E-state index contributed by atoms with van der Waals surface area (Å²) >= 11 is 0. The van der Waals surface area contributed by atoms with Gasteiger partial charge in [0.1, 0.15) is 5.69 Å². The van der Waals surface area contributed by atoms with Crippen LogP contribution in [0.25, 0.3) is 22.2 Å². The van der Waals surface area contributed by atoms with Crippen LogP contribution >= 0.6 is 0 Å². The van der Waals surface area contributed by atoms with Crippen LogP contribution in [0.4, 0.5) is 0 Å². The molecule has 7 heteroatoms. The van der Waals surface area contributed by atoms with Crippen LogP contribution in [0.15, 0.2) is 77.9 Å². The fourth-order valence-corrected chi connectivity index (χ4v) is 4.28. The topological polar surface area (TPSA) is 89.8 Å². The first-order valence-corrected chi connectivity index (χ1v) is 10.8. The van der Waals surface area contributed by atoms with E-state index in [1.807, 2.05) is 42.5 Å². The van der Waals surface area contributed by atoms with E-state index in [0.29, 0.717) is 5.69 Å². The molecule has 5 rings (SSSR count). The van der Waals surface area contributed by atoms with Crippen LogP contribution in [0.3, 0.4) is 0 Å². The van der Waals surface area contributed by atoms with Crippen LogP contribution in [0.2, 0.25) is 0 Å². The van der Waals surface area contributed by atoms with E-state index in [1.165, 1.54) is 0 Å². The van der Waals surface area contributed by atoms with Gasteiger partial charge in [0.15, 0.2) is 0 Å². The van der Waals surface area contributed by atoms with Gasteiger partial charge in [-0.05, 0) is 56.0 Å². The lowest BCUT2D eigenvalue weighted by Crippen LogP contribution is -2.39. The van der Waals surface area contributed by atoms with E-state index in [-0.39, 0.29) is 23.6 Å². The van der Waals surface area contributed by atoms with Crippen LogP contribution in [0, 0.1) is 0 Å². The van der Waals surface area contributed by atoms with Crippen LogP contribution in [-0.4, -0.2) is 31.7 Å². The Bertz CT molecular complexity index is 1310. The van der Waals surface area contributed by atoms with Crippen molar-refractivity contribution in [2.75, 3.05) is 0 Å². The zero-order valence-corrected chi connectivity index (χ0v) is 17.5. The first kappa shape index (κ1) is 20.1. The highest BCUT2D eigenvalue weighted by atomic mass is 16.2. The van der Waals surface area contributed by atoms with Crippen molar-refractivity contribution in [2.24, 2.45) is 0 Å². The molecule has 0 saturated heterocycles. The number of rotatable bonds is 4. The van der Waals surface area contributed by atoms with Gasteiger partial charge in [-0.2, -0.15) is 5.10 Å². The molecule has 1 saturated carbocycles. The second-order valence-electron chi connectivity index (χ2n) is 8.11. The average Bonchev–Trinajstić information content (AvgIpc) is 2.85. The molecule has 160 valence electrons. The van der Waals surface area contributed by atoms with Gasteiger partial charge in [0.05, 0.1) is 17.3 Å². The standard InChI is InChI=1S/C25H23N5O2/c31-24-12-11-22(18-13-15-26-16-14-18)29-30(24)20-8-6-19(7-9-20)27-25(32)23-10-5-17-3-1-2-4-21(17)28-23/h1-5,10-16,19-20H,6-9H2,(H,27,32). The normalized spacial score (nSPS) is 18.4. The van der Waals surface area contributed by atoms with E-state index >= 15 is 0 Å². The highest BCUT2D eigenvalue weighted by Gasteiger charge is 2.25. The Morgan fingerprint density at radius 1 is 0.906 bits per heavy atom. The third-order valence-corrected chi connectivity index (χ3v) is 6.01. The van der Waals surface area contributed by atoms with Crippen molar-refractivity contribution in [3.05, 3.63) is 89.1 Å². The zero-order chi connectivity index (χ0) is 21.9. The molecule has 0 spiro atoms. The summed E-state index contributed by atoms with van der Waals surface area (Å²) in [5.74, 6) is -0.158. The van der Waals surface area contributed by atoms with Crippen LogP contribution < -0.4 is 10.9 Å². The van der Waals surface area contributed by atoms with Crippen molar-refractivity contribution in [1.29, 1.82) is 0 Å². The maximum Gasteiger partial charge on any atom is 0.270 e. The van der Waals surface area contributed by atoms with E-state index in [4.69, 9.17) is 0 Å². The molecule has 32 heavy (non-hydrogen) atoms. The van der Waals surface area contributed by atoms with Crippen molar-refractivity contribution in [2.45, 2.75) is 37.8 Å². The van der Waals surface area contributed by atoms with Crippen LogP contribution in [0.5, 0.6) is 0 Å². The molecule has 1 N–H and O–H groups in total. The Morgan fingerprint density at radius 2 is 1.69 bits per heavy atom. The quantitative estimate of drug-likeness (QED) is 0.538. The average molecular weight is 425 g/mol. The van der Waals surface area contributed by atoms with Gasteiger partial charge < -0.3 is 5.32 Å². The van der Waals surface area contributed by atoms with Crippen molar-refractivity contribution >= 4 is 16.8 Å².